The second kappa shape index (κ2) is 9.45. The largest absolute Gasteiger partial charge is 0.325 e. The Kier molecular flexibility index (Phi) is 6.29. The van der Waals surface area contributed by atoms with E-state index in [1.54, 1.807) is 6.20 Å². The van der Waals surface area contributed by atoms with Crippen molar-refractivity contribution in [2.45, 2.75) is 12.5 Å². The molecule has 2 heterocycles. The molecule has 1 aliphatic rings. The zero-order chi connectivity index (χ0) is 19.9. The van der Waals surface area contributed by atoms with Gasteiger partial charge in [-0.2, -0.15) is 0 Å². The van der Waals surface area contributed by atoms with Gasteiger partial charge in [-0.1, -0.05) is 54.6 Å². The third-order valence-corrected chi connectivity index (χ3v) is 5.30. The first-order valence-corrected chi connectivity index (χ1v) is 10.1. The lowest BCUT2D eigenvalue weighted by atomic mass is 10.0. The molecular formula is C24H26N4O. The Morgan fingerprint density at radius 2 is 1.90 bits per heavy atom. The summed E-state index contributed by atoms with van der Waals surface area (Å²) >= 11 is 0. The van der Waals surface area contributed by atoms with E-state index in [4.69, 9.17) is 0 Å². The van der Waals surface area contributed by atoms with Crippen molar-refractivity contribution in [3.63, 3.8) is 0 Å². The minimum absolute atomic E-state index is 0.0151. The van der Waals surface area contributed by atoms with Crippen molar-refractivity contribution >= 4 is 11.6 Å². The first-order valence-electron chi connectivity index (χ1n) is 10.1. The first kappa shape index (κ1) is 19.3. The van der Waals surface area contributed by atoms with Crippen LogP contribution in [-0.2, 0) is 11.2 Å². The molecule has 5 nitrogen and oxygen atoms in total. The van der Waals surface area contributed by atoms with Crippen molar-refractivity contribution in [1.29, 1.82) is 0 Å². The molecule has 1 atom stereocenters. The molecule has 1 fully saturated rings. The monoisotopic (exact) mass is 386 g/mol. The van der Waals surface area contributed by atoms with Gasteiger partial charge in [0.05, 0.1) is 6.54 Å². The van der Waals surface area contributed by atoms with Crippen molar-refractivity contribution in [2.75, 3.05) is 31.5 Å². The van der Waals surface area contributed by atoms with Gasteiger partial charge in [-0.15, -0.1) is 0 Å². The minimum Gasteiger partial charge on any atom is -0.325 e. The maximum Gasteiger partial charge on any atom is 0.238 e. The van der Waals surface area contributed by atoms with Gasteiger partial charge in [0.1, 0.15) is 0 Å². The molecule has 0 aliphatic carbocycles. The second-order valence-corrected chi connectivity index (χ2v) is 7.34. The van der Waals surface area contributed by atoms with Crippen molar-refractivity contribution < 1.29 is 4.79 Å². The third kappa shape index (κ3) is 5.08. The number of hydrogen-bond donors (Lipinski definition) is 2. The topological polar surface area (TPSA) is 57.3 Å². The van der Waals surface area contributed by atoms with E-state index >= 15 is 0 Å². The molecule has 4 rings (SSSR count). The molecule has 0 bridgehead atoms. The molecule has 1 aliphatic heterocycles. The zero-order valence-electron chi connectivity index (χ0n) is 16.4. The van der Waals surface area contributed by atoms with E-state index in [2.05, 4.69) is 44.8 Å². The van der Waals surface area contributed by atoms with Crippen LogP contribution in [0.2, 0.25) is 0 Å². The summed E-state index contributed by atoms with van der Waals surface area (Å²) in [6.07, 6.45) is 4.46. The average Bonchev–Trinajstić information content (AvgIpc) is 2.77. The summed E-state index contributed by atoms with van der Waals surface area (Å²) in [5.74, 6) is 0.0151. The number of nitrogens with zero attached hydrogens (tertiary/aromatic N) is 2. The molecule has 0 saturated carbocycles. The molecule has 0 radical (unpaired) electrons. The quantitative estimate of drug-likeness (QED) is 0.683. The highest BCUT2D eigenvalue weighted by atomic mass is 16.2. The third-order valence-electron chi connectivity index (χ3n) is 5.30. The van der Waals surface area contributed by atoms with Crippen molar-refractivity contribution in [1.82, 2.24) is 15.2 Å². The molecule has 1 saturated heterocycles. The summed E-state index contributed by atoms with van der Waals surface area (Å²) in [6.45, 7) is 2.90. The van der Waals surface area contributed by atoms with E-state index in [9.17, 15) is 4.79 Å². The highest BCUT2D eigenvalue weighted by molar-refractivity contribution is 5.93. The number of pyridine rings is 1. The summed E-state index contributed by atoms with van der Waals surface area (Å²) in [5.41, 5.74) is 4.37. The number of rotatable bonds is 6. The zero-order valence-corrected chi connectivity index (χ0v) is 16.4. The maximum atomic E-state index is 12.9. The molecule has 1 unspecified atom stereocenters. The van der Waals surface area contributed by atoms with Gasteiger partial charge in [0.2, 0.25) is 5.91 Å². The fourth-order valence-electron chi connectivity index (χ4n) is 3.82. The van der Waals surface area contributed by atoms with Gasteiger partial charge in [0.15, 0.2) is 0 Å². The normalized spacial score (nSPS) is 17.0. The number of nitrogens with one attached hydrogen (secondary N) is 2. The van der Waals surface area contributed by atoms with Crippen molar-refractivity contribution in [3.8, 4) is 0 Å². The van der Waals surface area contributed by atoms with Crippen molar-refractivity contribution in [2.24, 2.45) is 0 Å². The van der Waals surface area contributed by atoms with Crippen LogP contribution in [0, 0.1) is 0 Å². The second-order valence-electron chi connectivity index (χ2n) is 7.34. The first-order chi connectivity index (χ1) is 14.3. The van der Waals surface area contributed by atoms with Crippen LogP contribution < -0.4 is 10.6 Å². The standard InChI is InChI=1S/C24H26N4O/c29-24(18-28-14-13-26-17-23(28)21-10-6-12-25-16-21)27-22-11-5-4-9-20(22)15-19-7-2-1-3-8-19/h1-12,16,23,26H,13-15,17-18H2,(H,27,29). The van der Waals surface area contributed by atoms with Crippen LogP contribution in [0.3, 0.4) is 0 Å². The number of amides is 1. The molecular weight excluding hydrogens is 360 g/mol. The van der Waals surface area contributed by atoms with Crippen LogP contribution in [0.5, 0.6) is 0 Å². The predicted octanol–water partition coefficient (Wildman–Crippen LogP) is 3.26. The van der Waals surface area contributed by atoms with Gasteiger partial charge >= 0.3 is 0 Å². The Morgan fingerprint density at radius 3 is 2.72 bits per heavy atom. The number of carbonyl (C=O) groups excluding carboxylic acids is 1. The number of aromatic nitrogens is 1. The molecule has 2 N–H and O–H groups in total. The van der Waals surface area contributed by atoms with E-state index in [0.29, 0.717) is 6.54 Å². The van der Waals surface area contributed by atoms with Crippen LogP contribution in [-0.4, -0.2) is 42.0 Å². The van der Waals surface area contributed by atoms with Gasteiger partial charge in [-0.05, 0) is 35.2 Å². The molecule has 0 spiro atoms. The van der Waals surface area contributed by atoms with E-state index in [1.807, 2.05) is 48.7 Å². The Bertz CT molecular complexity index is 930. The predicted molar refractivity (Wildman–Crippen MR) is 116 cm³/mol. The SMILES string of the molecule is O=C(CN1CCNCC1c1cccnc1)Nc1ccccc1Cc1ccccc1. The fourth-order valence-corrected chi connectivity index (χ4v) is 3.82. The summed E-state index contributed by atoms with van der Waals surface area (Å²) in [7, 11) is 0. The average molecular weight is 386 g/mol. The summed E-state index contributed by atoms with van der Waals surface area (Å²) < 4.78 is 0. The lowest BCUT2D eigenvalue weighted by Crippen LogP contribution is -2.48. The summed E-state index contributed by atoms with van der Waals surface area (Å²) in [5, 5.41) is 6.55. The van der Waals surface area contributed by atoms with Crippen LogP contribution in [0.25, 0.3) is 0 Å². The van der Waals surface area contributed by atoms with Gasteiger partial charge in [-0.3, -0.25) is 14.7 Å². The minimum atomic E-state index is 0.0151. The van der Waals surface area contributed by atoms with Crippen LogP contribution in [0.4, 0.5) is 5.69 Å². The summed E-state index contributed by atoms with van der Waals surface area (Å²) in [4.78, 5) is 19.3. The van der Waals surface area contributed by atoms with Gasteiger partial charge in [0, 0.05) is 43.8 Å². The Balaban J connectivity index is 1.44. The van der Waals surface area contributed by atoms with Crippen LogP contribution in [0.15, 0.2) is 79.1 Å². The number of anilines is 1. The lowest BCUT2D eigenvalue weighted by Gasteiger charge is -2.35. The van der Waals surface area contributed by atoms with Gasteiger partial charge in [0.25, 0.3) is 0 Å². The Labute approximate surface area is 171 Å². The molecule has 1 aromatic heterocycles. The smallest absolute Gasteiger partial charge is 0.238 e. The van der Waals surface area contributed by atoms with E-state index in [-0.39, 0.29) is 11.9 Å². The van der Waals surface area contributed by atoms with Crippen LogP contribution in [0.1, 0.15) is 22.7 Å². The van der Waals surface area contributed by atoms with Crippen molar-refractivity contribution in [3.05, 3.63) is 95.8 Å². The lowest BCUT2D eigenvalue weighted by molar-refractivity contribution is -0.118. The molecule has 2 aromatic carbocycles. The Hall–Kier alpha value is -3.02. The number of benzene rings is 2. The van der Waals surface area contributed by atoms with E-state index in [1.165, 1.54) is 5.56 Å². The Morgan fingerprint density at radius 1 is 1.07 bits per heavy atom. The highest BCUT2D eigenvalue weighted by Gasteiger charge is 2.25. The molecule has 5 heteroatoms. The molecule has 148 valence electrons. The highest BCUT2D eigenvalue weighted by Crippen LogP contribution is 2.22. The number of para-hydroxylation sites is 1. The van der Waals surface area contributed by atoms with Gasteiger partial charge < -0.3 is 10.6 Å². The van der Waals surface area contributed by atoms with E-state index in [0.717, 1.165) is 42.9 Å². The number of hydrogen-bond acceptors (Lipinski definition) is 4. The van der Waals surface area contributed by atoms with Gasteiger partial charge in [-0.25, -0.2) is 0 Å². The summed E-state index contributed by atoms with van der Waals surface area (Å²) in [6, 6.07) is 22.5. The molecule has 29 heavy (non-hydrogen) atoms. The fraction of sp³-hybridized carbons (Fsp3) is 0.250. The maximum absolute atomic E-state index is 12.9. The number of piperazine rings is 1. The molecule has 3 aromatic rings. The molecule has 1 amide bonds. The number of carbonyl (C=O) groups is 1. The van der Waals surface area contributed by atoms with Crippen LogP contribution >= 0.6 is 0 Å². The van der Waals surface area contributed by atoms with E-state index < -0.39 is 0 Å².